The van der Waals surface area contributed by atoms with Crippen molar-refractivity contribution in [3.8, 4) is 11.3 Å². The van der Waals surface area contributed by atoms with Crippen LogP contribution in [0.15, 0.2) is 78.4 Å². The molecule has 30 heavy (non-hydrogen) atoms. The lowest BCUT2D eigenvalue weighted by Crippen LogP contribution is -2.15. The highest BCUT2D eigenvalue weighted by Gasteiger charge is 2.17. The first kappa shape index (κ1) is 21.1. The number of hydrogen-bond acceptors (Lipinski definition) is 3. The van der Waals surface area contributed by atoms with Crippen molar-refractivity contribution in [3.05, 3.63) is 89.5 Å². The summed E-state index contributed by atoms with van der Waals surface area (Å²) in [6.45, 7) is 8.99. The Bertz CT molecular complexity index is 1130. The second-order valence-electron chi connectivity index (χ2n) is 6.68. The fourth-order valence-corrected chi connectivity index (χ4v) is 2.97. The molecule has 1 heterocycles. The molecule has 2 N–H and O–H groups in total. The van der Waals surface area contributed by atoms with Gasteiger partial charge in [0, 0.05) is 34.5 Å². The number of rotatable bonds is 6. The quantitative estimate of drug-likeness (QED) is 0.440. The zero-order chi connectivity index (χ0) is 21.8. The van der Waals surface area contributed by atoms with Gasteiger partial charge in [-0.1, -0.05) is 55.1 Å². The minimum absolute atomic E-state index is 0.0957. The van der Waals surface area contributed by atoms with Crippen LogP contribution in [0.25, 0.3) is 11.3 Å². The van der Waals surface area contributed by atoms with E-state index < -0.39 is 5.91 Å². The molecular weight excluding hydrogens is 400 g/mol. The molecule has 0 bridgehead atoms. The highest BCUT2D eigenvalue weighted by atomic mass is 35.5. The number of carbonyl (C=O) groups excluding carboxylic acids is 2. The van der Waals surface area contributed by atoms with E-state index in [0.29, 0.717) is 17.1 Å². The Kier molecular flexibility index (Phi) is 6.18. The van der Waals surface area contributed by atoms with E-state index >= 15 is 0 Å². The predicted octanol–water partition coefficient (Wildman–Crippen LogP) is 4.90. The number of nitrogens with one attached hydrogen (secondary N) is 2. The van der Waals surface area contributed by atoms with Crippen molar-refractivity contribution >= 4 is 34.9 Å². The van der Waals surface area contributed by atoms with Crippen LogP contribution in [-0.4, -0.2) is 21.6 Å². The van der Waals surface area contributed by atoms with E-state index in [2.05, 4.69) is 28.9 Å². The predicted molar refractivity (Wildman–Crippen MR) is 121 cm³/mol. The summed E-state index contributed by atoms with van der Waals surface area (Å²) in [6, 6.07) is 16.2. The van der Waals surface area contributed by atoms with Gasteiger partial charge in [-0.05, 0) is 31.2 Å². The summed E-state index contributed by atoms with van der Waals surface area (Å²) in [7, 11) is 1.77. The van der Waals surface area contributed by atoms with Crippen LogP contribution < -0.4 is 10.6 Å². The number of benzene rings is 2. The molecule has 2 aromatic carbocycles. The fourth-order valence-electron chi connectivity index (χ4n) is 2.89. The number of halogens is 1. The van der Waals surface area contributed by atoms with Crippen LogP contribution in [0.3, 0.4) is 0 Å². The number of aryl methyl sites for hydroxylation is 1. The summed E-state index contributed by atoms with van der Waals surface area (Å²) in [5.41, 5.74) is 3.69. The van der Waals surface area contributed by atoms with Crippen molar-refractivity contribution in [2.45, 2.75) is 6.92 Å². The van der Waals surface area contributed by atoms with Gasteiger partial charge in [-0.15, -0.1) is 0 Å². The Balaban J connectivity index is 1.79. The lowest BCUT2D eigenvalue weighted by Gasteiger charge is -2.08. The first-order valence-electron chi connectivity index (χ1n) is 9.13. The van der Waals surface area contributed by atoms with Gasteiger partial charge in [0.1, 0.15) is 5.82 Å². The molecule has 6 nitrogen and oxygen atoms in total. The van der Waals surface area contributed by atoms with Gasteiger partial charge < -0.3 is 10.6 Å². The second-order valence-corrected chi connectivity index (χ2v) is 7.14. The summed E-state index contributed by atoms with van der Waals surface area (Å²) < 4.78 is 1.64. The number of anilines is 2. The van der Waals surface area contributed by atoms with Crippen molar-refractivity contribution in [1.29, 1.82) is 0 Å². The smallest absolute Gasteiger partial charge is 0.256 e. The van der Waals surface area contributed by atoms with E-state index in [1.54, 1.807) is 36.0 Å². The van der Waals surface area contributed by atoms with Crippen molar-refractivity contribution in [1.82, 2.24) is 9.78 Å². The zero-order valence-electron chi connectivity index (χ0n) is 16.7. The van der Waals surface area contributed by atoms with Crippen LogP contribution in [0.2, 0.25) is 0 Å². The van der Waals surface area contributed by atoms with Crippen LogP contribution in [0.1, 0.15) is 15.9 Å². The first-order chi connectivity index (χ1) is 14.3. The monoisotopic (exact) mass is 420 g/mol. The average Bonchev–Trinajstić information content (AvgIpc) is 3.02. The molecule has 0 aliphatic carbocycles. The number of amides is 2. The molecule has 0 radical (unpaired) electrons. The fraction of sp³-hybridized carbons (Fsp3) is 0.0870. The van der Waals surface area contributed by atoms with Gasteiger partial charge >= 0.3 is 0 Å². The number of nitrogens with zero attached hydrogens (tertiary/aromatic N) is 2. The van der Waals surface area contributed by atoms with Gasteiger partial charge in [-0.3, -0.25) is 14.3 Å². The third-order valence-corrected chi connectivity index (χ3v) is 4.80. The maximum atomic E-state index is 12.5. The van der Waals surface area contributed by atoms with Crippen molar-refractivity contribution in [3.63, 3.8) is 0 Å². The molecule has 7 heteroatoms. The molecule has 152 valence electrons. The van der Waals surface area contributed by atoms with Crippen LogP contribution in [0.4, 0.5) is 11.5 Å². The molecule has 0 atom stereocenters. The minimum atomic E-state index is -0.414. The highest BCUT2D eigenvalue weighted by molar-refractivity contribution is 6.35. The number of hydrogen-bond donors (Lipinski definition) is 2. The van der Waals surface area contributed by atoms with E-state index in [4.69, 9.17) is 11.6 Å². The minimum Gasteiger partial charge on any atom is -0.322 e. The molecule has 0 spiro atoms. The summed E-state index contributed by atoms with van der Waals surface area (Å²) in [6.07, 6.45) is 0. The van der Waals surface area contributed by atoms with Gasteiger partial charge in [0.05, 0.1) is 11.3 Å². The van der Waals surface area contributed by atoms with E-state index in [-0.39, 0.29) is 16.5 Å². The Morgan fingerprint density at radius 1 is 1.00 bits per heavy atom. The molecule has 0 unspecified atom stereocenters. The summed E-state index contributed by atoms with van der Waals surface area (Å²) >= 11 is 5.71. The molecule has 0 aliphatic heterocycles. The molecule has 0 saturated carbocycles. The summed E-state index contributed by atoms with van der Waals surface area (Å²) in [4.78, 5) is 24.5. The molecule has 0 fully saturated rings. The van der Waals surface area contributed by atoms with Gasteiger partial charge in [-0.2, -0.15) is 5.10 Å². The Hall–Kier alpha value is -3.64. The molecule has 0 aliphatic rings. The van der Waals surface area contributed by atoms with Crippen molar-refractivity contribution in [2.75, 3.05) is 10.6 Å². The topological polar surface area (TPSA) is 76.0 Å². The van der Waals surface area contributed by atoms with Crippen molar-refractivity contribution in [2.24, 2.45) is 7.05 Å². The molecular formula is C23H21ClN4O2. The van der Waals surface area contributed by atoms with E-state index in [0.717, 1.165) is 16.8 Å². The molecule has 3 rings (SSSR count). The molecule has 0 saturated heterocycles. The summed E-state index contributed by atoms with van der Waals surface area (Å²) in [5, 5.41) is 10.3. The lowest BCUT2D eigenvalue weighted by atomic mass is 10.1. The molecule has 2 amide bonds. The normalized spacial score (nSPS) is 10.4. The Labute approximate surface area is 179 Å². The maximum absolute atomic E-state index is 12.5. The Morgan fingerprint density at radius 3 is 2.23 bits per heavy atom. The second kappa shape index (κ2) is 8.80. The van der Waals surface area contributed by atoms with Crippen LogP contribution >= 0.6 is 11.6 Å². The standard InChI is InChI=1S/C23H21ClN4O2/c1-14(16(3)24)22(29)25-19-12-10-17(11-13-19)20-15(2)21(28(4)27-20)26-23(30)18-8-6-5-7-9-18/h5-13H,1,3H2,2,4H3,(H,25,29)(H,26,30). The lowest BCUT2D eigenvalue weighted by molar-refractivity contribution is -0.112. The zero-order valence-corrected chi connectivity index (χ0v) is 17.5. The number of carbonyl (C=O) groups is 2. The van der Waals surface area contributed by atoms with Crippen LogP contribution in [0, 0.1) is 6.92 Å². The SMILES string of the molecule is C=C(Cl)C(=C)C(=O)Nc1ccc(-c2nn(C)c(NC(=O)c3ccccc3)c2C)cc1. The first-order valence-corrected chi connectivity index (χ1v) is 9.51. The highest BCUT2D eigenvalue weighted by Crippen LogP contribution is 2.29. The van der Waals surface area contributed by atoms with Crippen LogP contribution in [0.5, 0.6) is 0 Å². The van der Waals surface area contributed by atoms with Crippen LogP contribution in [-0.2, 0) is 11.8 Å². The van der Waals surface area contributed by atoms with Gasteiger partial charge in [0.2, 0.25) is 0 Å². The van der Waals surface area contributed by atoms with E-state index in [1.165, 1.54) is 0 Å². The van der Waals surface area contributed by atoms with Gasteiger partial charge in [0.25, 0.3) is 11.8 Å². The number of aromatic nitrogens is 2. The summed E-state index contributed by atoms with van der Waals surface area (Å²) in [5.74, 6) is 0.00301. The Morgan fingerprint density at radius 2 is 1.63 bits per heavy atom. The largest absolute Gasteiger partial charge is 0.322 e. The average molecular weight is 421 g/mol. The van der Waals surface area contributed by atoms with Gasteiger partial charge in [0.15, 0.2) is 0 Å². The van der Waals surface area contributed by atoms with Crippen molar-refractivity contribution < 1.29 is 9.59 Å². The molecule has 3 aromatic rings. The van der Waals surface area contributed by atoms with Gasteiger partial charge in [-0.25, -0.2) is 0 Å². The maximum Gasteiger partial charge on any atom is 0.256 e. The third-order valence-electron chi connectivity index (χ3n) is 4.57. The van der Waals surface area contributed by atoms with E-state index in [1.807, 2.05) is 37.3 Å². The molecule has 1 aromatic heterocycles. The third kappa shape index (κ3) is 4.50. The van der Waals surface area contributed by atoms with E-state index in [9.17, 15) is 9.59 Å².